The normalized spacial score (nSPS) is 12.8. The van der Waals surface area contributed by atoms with Crippen molar-refractivity contribution in [2.45, 2.75) is 77.7 Å². The molecule has 0 aromatic carbocycles. The Balaban J connectivity index is 2.26. The van der Waals surface area contributed by atoms with Gasteiger partial charge in [0.1, 0.15) is 5.76 Å². The van der Waals surface area contributed by atoms with E-state index >= 15 is 0 Å². The SMILES string of the molecule is CCCCCCCCCC(NCCC)c1occc1Br. The molecule has 0 bridgehead atoms. The summed E-state index contributed by atoms with van der Waals surface area (Å²) in [6.45, 7) is 5.52. The molecule has 1 atom stereocenters. The van der Waals surface area contributed by atoms with Crippen LogP contribution in [0.3, 0.4) is 0 Å². The zero-order chi connectivity index (χ0) is 14.6. The lowest BCUT2D eigenvalue weighted by Crippen LogP contribution is -2.22. The van der Waals surface area contributed by atoms with Crippen molar-refractivity contribution in [2.24, 2.45) is 0 Å². The number of hydrogen-bond donors (Lipinski definition) is 1. The first-order valence-electron chi connectivity index (χ1n) is 8.25. The number of furan rings is 1. The molecule has 3 heteroatoms. The van der Waals surface area contributed by atoms with Crippen molar-refractivity contribution in [3.63, 3.8) is 0 Å². The van der Waals surface area contributed by atoms with Crippen LogP contribution in [-0.4, -0.2) is 6.54 Å². The van der Waals surface area contributed by atoms with Gasteiger partial charge < -0.3 is 9.73 Å². The van der Waals surface area contributed by atoms with E-state index in [0.717, 1.165) is 23.2 Å². The van der Waals surface area contributed by atoms with E-state index in [4.69, 9.17) is 4.42 Å². The van der Waals surface area contributed by atoms with Crippen LogP contribution in [0.2, 0.25) is 0 Å². The van der Waals surface area contributed by atoms with Gasteiger partial charge in [-0.1, -0.05) is 58.8 Å². The molecule has 1 unspecified atom stereocenters. The van der Waals surface area contributed by atoms with Gasteiger partial charge in [-0.15, -0.1) is 0 Å². The summed E-state index contributed by atoms with van der Waals surface area (Å²) in [5.41, 5.74) is 0. The maximum atomic E-state index is 5.62. The molecule has 0 aliphatic heterocycles. The molecule has 1 heterocycles. The molecule has 1 aromatic heterocycles. The summed E-state index contributed by atoms with van der Waals surface area (Å²) in [4.78, 5) is 0. The van der Waals surface area contributed by atoms with Crippen LogP contribution in [0.5, 0.6) is 0 Å². The highest BCUT2D eigenvalue weighted by Crippen LogP contribution is 2.28. The molecule has 0 saturated heterocycles. The molecule has 1 aromatic rings. The second-order valence-corrected chi connectivity index (χ2v) is 6.40. The van der Waals surface area contributed by atoms with Crippen molar-refractivity contribution in [2.75, 3.05) is 6.54 Å². The minimum atomic E-state index is 0.356. The Bertz CT molecular complexity index is 337. The fourth-order valence-corrected chi connectivity index (χ4v) is 2.98. The molecule has 0 aliphatic carbocycles. The van der Waals surface area contributed by atoms with Gasteiger partial charge in [0.25, 0.3) is 0 Å². The summed E-state index contributed by atoms with van der Waals surface area (Å²) >= 11 is 3.58. The molecule has 1 N–H and O–H groups in total. The van der Waals surface area contributed by atoms with Crippen LogP contribution in [0.4, 0.5) is 0 Å². The van der Waals surface area contributed by atoms with E-state index in [-0.39, 0.29) is 0 Å². The molecule has 0 saturated carbocycles. The minimum absolute atomic E-state index is 0.356. The Kier molecular flexibility index (Phi) is 10.1. The van der Waals surface area contributed by atoms with Gasteiger partial charge in [-0.3, -0.25) is 0 Å². The largest absolute Gasteiger partial charge is 0.466 e. The molecule has 116 valence electrons. The lowest BCUT2D eigenvalue weighted by molar-refractivity contribution is 0.381. The highest BCUT2D eigenvalue weighted by atomic mass is 79.9. The third-order valence-electron chi connectivity index (χ3n) is 3.70. The smallest absolute Gasteiger partial charge is 0.134 e. The van der Waals surface area contributed by atoms with Gasteiger partial charge in [-0.05, 0) is 41.4 Å². The van der Waals surface area contributed by atoms with Gasteiger partial charge in [-0.2, -0.15) is 0 Å². The third-order valence-corrected chi connectivity index (χ3v) is 4.35. The first-order chi connectivity index (χ1) is 9.79. The molecule has 20 heavy (non-hydrogen) atoms. The lowest BCUT2D eigenvalue weighted by atomic mass is 10.0. The van der Waals surface area contributed by atoms with E-state index < -0.39 is 0 Å². The number of hydrogen-bond acceptors (Lipinski definition) is 2. The van der Waals surface area contributed by atoms with Crippen molar-refractivity contribution in [1.29, 1.82) is 0 Å². The van der Waals surface area contributed by atoms with Gasteiger partial charge in [0, 0.05) is 0 Å². The first kappa shape index (κ1) is 17.8. The predicted octanol–water partition coefficient (Wildman–Crippen LogP) is 6.22. The fourth-order valence-electron chi connectivity index (χ4n) is 2.50. The van der Waals surface area contributed by atoms with Gasteiger partial charge in [0.15, 0.2) is 0 Å². The predicted molar refractivity (Wildman–Crippen MR) is 90.1 cm³/mol. The number of halogens is 1. The van der Waals surface area contributed by atoms with E-state index in [1.54, 1.807) is 6.26 Å². The van der Waals surface area contributed by atoms with E-state index in [0.29, 0.717) is 6.04 Å². The second-order valence-electron chi connectivity index (χ2n) is 5.55. The highest BCUT2D eigenvalue weighted by Gasteiger charge is 2.16. The second kappa shape index (κ2) is 11.4. The minimum Gasteiger partial charge on any atom is -0.466 e. The van der Waals surface area contributed by atoms with E-state index in [9.17, 15) is 0 Å². The maximum Gasteiger partial charge on any atom is 0.134 e. The highest BCUT2D eigenvalue weighted by molar-refractivity contribution is 9.10. The Labute approximate surface area is 132 Å². The molecular formula is C17H30BrNO. The van der Waals surface area contributed by atoms with Gasteiger partial charge in [0.2, 0.25) is 0 Å². The standard InChI is InChI=1S/C17H30BrNO/c1-3-5-6-7-8-9-10-11-16(19-13-4-2)17-15(18)12-14-20-17/h12,14,16,19H,3-11,13H2,1-2H3. The van der Waals surface area contributed by atoms with E-state index in [1.165, 1.54) is 51.4 Å². The van der Waals surface area contributed by atoms with Crippen LogP contribution in [-0.2, 0) is 0 Å². The third kappa shape index (κ3) is 6.94. The monoisotopic (exact) mass is 343 g/mol. The van der Waals surface area contributed by atoms with Crippen LogP contribution in [0, 0.1) is 0 Å². The number of nitrogens with one attached hydrogen (secondary N) is 1. The van der Waals surface area contributed by atoms with Crippen molar-refractivity contribution < 1.29 is 4.42 Å². The average Bonchev–Trinajstić information content (AvgIpc) is 2.87. The molecule has 0 amide bonds. The van der Waals surface area contributed by atoms with Crippen molar-refractivity contribution in [1.82, 2.24) is 5.32 Å². The molecule has 0 fully saturated rings. The van der Waals surface area contributed by atoms with Crippen LogP contribution >= 0.6 is 15.9 Å². The van der Waals surface area contributed by atoms with E-state index in [1.807, 2.05) is 6.07 Å². The van der Waals surface area contributed by atoms with Crippen molar-refractivity contribution >= 4 is 15.9 Å². The van der Waals surface area contributed by atoms with Crippen molar-refractivity contribution in [3.8, 4) is 0 Å². The summed E-state index contributed by atoms with van der Waals surface area (Å²) in [5, 5.41) is 3.60. The zero-order valence-electron chi connectivity index (χ0n) is 13.1. The van der Waals surface area contributed by atoms with Crippen LogP contribution < -0.4 is 5.32 Å². The Morgan fingerprint density at radius 3 is 2.35 bits per heavy atom. The molecule has 2 nitrogen and oxygen atoms in total. The Morgan fingerprint density at radius 1 is 1.05 bits per heavy atom. The maximum absolute atomic E-state index is 5.62. The molecule has 0 aliphatic rings. The number of rotatable bonds is 12. The van der Waals surface area contributed by atoms with Crippen LogP contribution in [0.15, 0.2) is 21.2 Å². The summed E-state index contributed by atoms with van der Waals surface area (Å²) in [6.07, 6.45) is 13.6. The van der Waals surface area contributed by atoms with Gasteiger partial charge >= 0.3 is 0 Å². The molecule has 0 radical (unpaired) electrons. The zero-order valence-corrected chi connectivity index (χ0v) is 14.7. The number of unbranched alkanes of at least 4 members (excludes halogenated alkanes) is 6. The van der Waals surface area contributed by atoms with Crippen molar-refractivity contribution in [3.05, 3.63) is 22.6 Å². The quantitative estimate of drug-likeness (QED) is 0.455. The summed E-state index contributed by atoms with van der Waals surface area (Å²) in [6, 6.07) is 2.34. The van der Waals surface area contributed by atoms with Crippen LogP contribution in [0.1, 0.15) is 83.4 Å². The fraction of sp³-hybridized carbons (Fsp3) is 0.765. The topological polar surface area (TPSA) is 25.2 Å². The van der Waals surface area contributed by atoms with E-state index in [2.05, 4.69) is 35.1 Å². The average molecular weight is 344 g/mol. The lowest BCUT2D eigenvalue weighted by Gasteiger charge is -2.16. The van der Waals surface area contributed by atoms with Gasteiger partial charge in [0.05, 0.1) is 16.8 Å². The van der Waals surface area contributed by atoms with Crippen LogP contribution in [0.25, 0.3) is 0 Å². The molecule has 1 rings (SSSR count). The molecule has 0 spiro atoms. The molecular weight excluding hydrogens is 314 g/mol. The summed E-state index contributed by atoms with van der Waals surface area (Å²) in [5.74, 6) is 1.06. The summed E-state index contributed by atoms with van der Waals surface area (Å²) in [7, 11) is 0. The summed E-state index contributed by atoms with van der Waals surface area (Å²) < 4.78 is 6.72. The Morgan fingerprint density at radius 2 is 1.75 bits per heavy atom. The Hall–Kier alpha value is -0.280. The first-order valence-corrected chi connectivity index (χ1v) is 9.05. The van der Waals surface area contributed by atoms with Gasteiger partial charge in [-0.25, -0.2) is 0 Å².